The third-order valence-electron chi connectivity index (χ3n) is 5.74. The van der Waals surface area contributed by atoms with Crippen molar-refractivity contribution in [2.45, 2.75) is 25.3 Å². The van der Waals surface area contributed by atoms with Gasteiger partial charge in [0.05, 0.1) is 19.1 Å². The second kappa shape index (κ2) is 8.00. The van der Waals surface area contributed by atoms with Gasteiger partial charge in [0.1, 0.15) is 5.75 Å². The summed E-state index contributed by atoms with van der Waals surface area (Å²) < 4.78 is 5.18. The van der Waals surface area contributed by atoms with E-state index in [0.717, 1.165) is 30.7 Å². The lowest BCUT2D eigenvalue weighted by atomic mass is 9.94. The molecule has 3 aliphatic heterocycles. The van der Waals surface area contributed by atoms with E-state index >= 15 is 0 Å². The van der Waals surface area contributed by atoms with Crippen LogP contribution >= 0.6 is 0 Å². The Labute approximate surface area is 165 Å². The van der Waals surface area contributed by atoms with E-state index in [1.807, 2.05) is 34.1 Å². The Morgan fingerprint density at radius 2 is 1.93 bits per heavy atom. The fourth-order valence-electron chi connectivity index (χ4n) is 4.24. The molecule has 1 aromatic carbocycles. The quantitative estimate of drug-likeness (QED) is 0.818. The first-order valence-corrected chi connectivity index (χ1v) is 9.75. The molecule has 5 rings (SSSR count). The van der Waals surface area contributed by atoms with Gasteiger partial charge in [-0.05, 0) is 48.6 Å². The molecule has 2 aromatic rings. The Kier molecular flexibility index (Phi) is 5.28. The number of hydrogen-bond acceptors (Lipinski definition) is 4. The molecule has 0 N–H and O–H groups in total. The van der Waals surface area contributed by atoms with Crippen LogP contribution in [0.2, 0.25) is 0 Å². The minimum absolute atomic E-state index is 0.00875. The molecule has 2 bridgehead atoms. The van der Waals surface area contributed by atoms with Crippen molar-refractivity contribution < 1.29 is 14.3 Å². The molecule has 2 atom stereocenters. The number of hydrogen-bond donors (Lipinski definition) is 0. The van der Waals surface area contributed by atoms with Crippen LogP contribution in [0.5, 0.6) is 5.75 Å². The highest BCUT2D eigenvalue weighted by atomic mass is 16.5. The van der Waals surface area contributed by atoms with Crippen molar-refractivity contribution in [3.8, 4) is 5.75 Å². The van der Waals surface area contributed by atoms with Crippen LogP contribution in [0.4, 0.5) is 0 Å². The minimum Gasteiger partial charge on any atom is -0.497 e. The van der Waals surface area contributed by atoms with E-state index in [-0.39, 0.29) is 17.9 Å². The predicted molar refractivity (Wildman–Crippen MR) is 105 cm³/mol. The Morgan fingerprint density at radius 1 is 1.11 bits per heavy atom. The average molecular weight is 379 g/mol. The van der Waals surface area contributed by atoms with Gasteiger partial charge < -0.3 is 14.5 Å². The third kappa shape index (κ3) is 3.86. The largest absolute Gasteiger partial charge is 0.497 e. The molecule has 0 spiro atoms. The van der Waals surface area contributed by atoms with Crippen molar-refractivity contribution in [1.82, 2.24) is 14.8 Å². The normalized spacial score (nSPS) is 21.3. The van der Waals surface area contributed by atoms with Crippen LogP contribution in [0.3, 0.4) is 0 Å². The maximum Gasteiger partial charge on any atom is 0.255 e. The number of nitrogens with zero attached hydrogens (tertiary/aromatic N) is 3. The van der Waals surface area contributed by atoms with Gasteiger partial charge in [0.25, 0.3) is 5.91 Å². The molecule has 3 saturated heterocycles. The summed E-state index contributed by atoms with van der Waals surface area (Å²) in [7, 11) is 1.63. The zero-order valence-corrected chi connectivity index (χ0v) is 16.1. The van der Waals surface area contributed by atoms with Crippen LogP contribution in [-0.2, 0) is 11.2 Å². The summed E-state index contributed by atoms with van der Waals surface area (Å²) in [6, 6.07) is 11.3. The maximum absolute atomic E-state index is 13.0. The number of carbonyl (C=O) groups excluding carboxylic acids is 2. The summed E-state index contributed by atoms with van der Waals surface area (Å²) in [5, 5.41) is 0. The smallest absolute Gasteiger partial charge is 0.255 e. The summed E-state index contributed by atoms with van der Waals surface area (Å²) in [6.45, 7) is 2.03. The van der Waals surface area contributed by atoms with Gasteiger partial charge in [0.15, 0.2) is 0 Å². The minimum atomic E-state index is 0.00875. The number of methoxy groups -OCH3 is 1. The van der Waals surface area contributed by atoms with Crippen molar-refractivity contribution in [2.75, 3.05) is 26.7 Å². The van der Waals surface area contributed by atoms with E-state index < -0.39 is 0 Å². The van der Waals surface area contributed by atoms with Gasteiger partial charge in [-0.1, -0.05) is 12.1 Å². The van der Waals surface area contributed by atoms with Gasteiger partial charge in [0, 0.05) is 38.1 Å². The number of fused-ring (bicyclic) bond motifs is 4. The molecule has 2 amide bonds. The zero-order chi connectivity index (χ0) is 19.5. The van der Waals surface area contributed by atoms with Crippen molar-refractivity contribution in [3.05, 3.63) is 59.9 Å². The van der Waals surface area contributed by atoms with Crippen LogP contribution in [-0.4, -0.2) is 59.4 Å². The Bertz CT molecular complexity index is 838. The fourth-order valence-corrected chi connectivity index (χ4v) is 4.24. The summed E-state index contributed by atoms with van der Waals surface area (Å²) in [5.74, 6) is 1.26. The van der Waals surface area contributed by atoms with Crippen molar-refractivity contribution in [3.63, 3.8) is 0 Å². The number of pyridine rings is 1. The third-order valence-corrected chi connectivity index (χ3v) is 5.74. The van der Waals surface area contributed by atoms with Crippen LogP contribution in [0.1, 0.15) is 28.8 Å². The number of piperidine rings is 1. The molecule has 4 heterocycles. The fraction of sp³-hybridized carbons (Fsp3) is 0.409. The second-order valence-electron chi connectivity index (χ2n) is 7.62. The van der Waals surface area contributed by atoms with E-state index in [1.54, 1.807) is 31.6 Å². The SMILES string of the molecule is COc1ccc(CC(=O)N2C[C@H]3CC[C@@H]2CN(C(=O)c2cccnc2)C3)cc1. The molecule has 146 valence electrons. The van der Waals surface area contributed by atoms with Crippen molar-refractivity contribution in [1.29, 1.82) is 0 Å². The van der Waals surface area contributed by atoms with E-state index in [1.165, 1.54) is 0 Å². The molecule has 6 heteroatoms. The van der Waals surface area contributed by atoms with Crippen LogP contribution in [0, 0.1) is 5.92 Å². The number of benzene rings is 1. The Balaban J connectivity index is 1.45. The van der Waals surface area contributed by atoms with Gasteiger partial charge in [-0.3, -0.25) is 14.6 Å². The van der Waals surface area contributed by atoms with E-state index in [9.17, 15) is 9.59 Å². The molecule has 0 aliphatic carbocycles. The first-order valence-electron chi connectivity index (χ1n) is 9.75. The molecule has 3 fully saturated rings. The molecule has 0 saturated carbocycles. The Morgan fingerprint density at radius 3 is 2.64 bits per heavy atom. The molecule has 0 radical (unpaired) electrons. The summed E-state index contributed by atoms with van der Waals surface area (Å²) in [5.41, 5.74) is 1.59. The van der Waals surface area contributed by atoms with Crippen LogP contribution < -0.4 is 4.74 Å². The molecule has 3 aliphatic rings. The average Bonchev–Trinajstić information content (AvgIpc) is 3.06. The molecular formula is C22H25N3O3. The highest BCUT2D eigenvalue weighted by molar-refractivity contribution is 5.94. The molecule has 0 unspecified atom stereocenters. The van der Waals surface area contributed by atoms with E-state index in [0.29, 0.717) is 31.0 Å². The number of ether oxygens (including phenoxy) is 1. The molecule has 1 aromatic heterocycles. The summed E-state index contributed by atoms with van der Waals surface area (Å²) in [4.78, 5) is 33.8. The maximum atomic E-state index is 13.0. The van der Waals surface area contributed by atoms with Gasteiger partial charge in [-0.2, -0.15) is 0 Å². The topological polar surface area (TPSA) is 62.7 Å². The first kappa shape index (κ1) is 18.5. The highest BCUT2D eigenvalue weighted by Crippen LogP contribution is 2.29. The Hall–Kier alpha value is -2.89. The predicted octanol–water partition coefficient (Wildman–Crippen LogP) is 2.40. The number of aromatic nitrogens is 1. The summed E-state index contributed by atoms with van der Waals surface area (Å²) in [6.07, 6.45) is 5.68. The van der Waals surface area contributed by atoms with E-state index in [2.05, 4.69) is 4.98 Å². The van der Waals surface area contributed by atoms with Crippen LogP contribution in [0.15, 0.2) is 48.8 Å². The lowest BCUT2D eigenvalue weighted by molar-refractivity contribution is -0.134. The van der Waals surface area contributed by atoms with Crippen molar-refractivity contribution >= 4 is 11.8 Å². The lowest BCUT2D eigenvalue weighted by Crippen LogP contribution is -2.48. The summed E-state index contributed by atoms with van der Waals surface area (Å²) >= 11 is 0. The molecule has 28 heavy (non-hydrogen) atoms. The lowest BCUT2D eigenvalue weighted by Gasteiger charge is -2.36. The van der Waals surface area contributed by atoms with Gasteiger partial charge in [-0.25, -0.2) is 0 Å². The van der Waals surface area contributed by atoms with Crippen LogP contribution in [0.25, 0.3) is 0 Å². The first-order chi connectivity index (χ1) is 13.6. The van der Waals surface area contributed by atoms with E-state index in [4.69, 9.17) is 4.74 Å². The molecular weight excluding hydrogens is 354 g/mol. The zero-order valence-electron chi connectivity index (χ0n) is 16.1. The number of carbonyl (C=O) groups is 2. The second-order valence-corrected chi connectivity index (χ2v) is 7.62. The highest BCUT2D eigenvalue weighted by Gasteiger charge is 2.38. The van der Waals surface area contributed by atoms with Gasteiger partial charge >= 0.3 is 0 Å². The number of amides is 2. The monoisotopic (exact) mass is 379 g/mol. The van der Waals surface area contributed by atoms with Gasteiger partial charge in [0.2, 0.25) is 5.91 Å². The van der Waals surface area contributed by atoms with Crippen molar-refractivity contribution in [2.24, 2.45) is 5.92 Å². The molecule has 6 nitrogen and oxygen atoms in total. The number of rotatable bonds is 4. The standard InChI is InChI=1S/C22H25N3O3/c1-28-20-8-5-16(6-9-20)11-21(26)25-14-17-4-7-19(25)15-24(13-17)22(27)18-3-2-10-23-12-18/h2-3,5-6,8-10,12,17,19H,4,7,11,13-15H2,1H3/t17-,19+/m0/s1. The van der Waals surface area contributed by atoms with Gasteiger partial charge in [-0.15, -0.1) is 0 Å².